The lowest BCUT2D eigenvalue weighted by atomic mass is 10.1. The van der Waals surface area contributed by atoms with Crippen molar-refractivity contribution in [2.45, 2.75) is 67.2 Å². The first-order chi connectivity index (χ1) is 10.2. The van der Waals surface area contributed by atoms with E-state index in [4.69, 9.17) is 0 Å². The Hall–Kier alpha value is -1.15. The zero-order valence-corrected chi connectivity index (χ0v) is 15.4. The molecule has 0 aliphatic heterocycles. The zero-order chi connectivity index (χ0) is 16.1. The molecule has 0 unspecified atom stereocenters. The minimum atomic E-state index is 1.09. The lowest BCUT2D eigenvalue weighted by molar-refractivity contribution is 0.702. The van der Waals surface area contributed by atoms with Crippen molar-refractivity contribution < 1.29 is 0 Å². The molecule has 0 aliphatic rings. The fourth-order valence-corrected chi connectivity index (χ4v) is 2.34. The van der Waals surface area contributed by atoms with Gasteiger partial charge in [0.2, 0.25) is 0 Å². The van der Waals surface area contributed by atoms with Crippen LogP contribution in [0, 0.1) is 13.8 Å². The van der Waals surface area contributed by atoms with E-state index in [9.17, 15) is 0 Å². The summed E-state index contributed by atoms with van der Waals surface area (Å²) in [5.74, 6) is 0. The summed E-state index contributed by atoms with van der Waals surface area (Å²) in [6.45, 7) is 12.6. The Bertz CT molecular complexity index is 453. The van der Waals surface area contributed by atoms with Crippen molar-refractivity contribution in [2.24, 2.45) is 0 Å². The van der Waals surface area contributed by atoms with E-state index in [1.54, 1.807) is 11.3 Å². The molecule has 2 heteroatoms. The smallest absolute Gasteiger partial charge is 0.0901 e. The number of aromatic nitrogens is 1. The summed E-state index contributed by atoms with van der Waals surface area (Å²) in [7, 11) is 0. The Kier molecular flexibility index (Phi) is 11.9. The van der Waals surface area contributed by atoms with Crippen LogP contribution >= 0.6 is 11.3 Å². The molecule has 118 valence electrons. The molecule has 0 saturated carbocycles. The highest BCUT2D eigenvalue weighted by Gasteiger charge is 2.00. The molecule has 0 aliphatic carbocycles. The van der Waals surface area contributed by atoms with Crippen LogP contribution in [0.1, 0.15) is 63.9 Å². The monoisotopic (exact) mass is 305 g/mol. The standard InChI is InChI=1S/C11H11NS.C6H14.C2H6/c1-8-3-5-10(6-4-8)11-7-13-9(2)12-11;1-3-5-6-4-2;1-2/h3-7H,1-2H3;3-6H2,1-2H3;1-2H3. The van der Waals surface area contributed by atoms with E-state index in [1.807, 2.05) is 20.8 Å². The predicted octanol–water partition coefficient (Wildman–Crippen LogP) is 7.04. The fourth-order valence-electron chi connectivity index (χ4n) is 1.72. The van der Waals surface area contributed by atoms with E-state index in [1.165, 1.54) is 36.8 Å². The molecule has 0 fully saturated rings. The van der Waals surface area contributed by atoms with Crippen molar-refractivity contribution in [1.29, 1.82) is 0 Å². The summed E-state index contributed by atoms with van der Waals surface area (Å²) in [6.07, 6.45) is 5.54. The van der Waals surface area contributed by atoms with Gasteiger partial charge in [0.1, 0.15) is 0 Å². The van der Waals surface area contributed by atoms with E-state index in [0.29, 0.717) is 0 Å². The summed E-state index contributed by atoms with van der Waals surface area (Å²) in [4.78, 5) is 4.43. The van der Waals surface area contributed by atoms with Gasteiger partial charge in [-0.25, -0.2) is 4.98 Å². The van der Waals surface area contributed by atoms with Crippen molar-refractivity contribution in [3.8, 4) is 11.3 Å². The largest absolute Gasteiger partial charge is 0.242 e. The van der Waals surface area contributed by atoms with Gasteiger partial charge >= 0.3 is 0 Å². The number of thiazole rings is 1. The molecular weight excluding hydrogens is 274 g/mol. The molecule has 0 spiro atoms. The number of rotatable bonds is 4. The van der Waals surface area contributed by atoms with Gasteiger partial charge in [-0.3, -0.25) is 0 Å². The minimum absolute atomic E-state index is 1.09. The molecule has 1 heterocycles. The first kappa shape index (κ1) is 19.9. The lowest BCUT2D eigenvalue weighted by Gasteiger charge is -1.96. The molecular formula is C19H31NS. The molecule has 0 amide bonds. The Morgan fingerprint density at radius 1 is 0.905 bits per heavy atom. The van der Waals surface area contributed by atoms with E-state index in [2.05, 4.69) is 55.4 Å². The quantitative estimate of drug-likeness (QED) is 0.552. The van der Waals surface area contributed by atoms with Crippen molar-refractivity contribution in [3.05, 3.63) is 40.2 Å². The Labute approximate surface area is 135 Å². The number of hydrogen-bond acceptors (Lipinski definition) is 2. The van der Waals surface area contributed by atoms with E-state index in [0.717, 1.165) is 10.7 Å². The van der Waals surface area contributed by atoms with Crippen LogP contribution in [-0.4, -0.2) is 4.98 Å². The average Bonchev–Trinajstić information content (AvgIpc) is 2.95. The Balaban J connectivity index is 0.000000427. The average molecular weight is 306 g/mol. The zero-order valence-electron chi connectivity index (χ0n) is 14.6. The maximum absolute atomic E-state index is 4.43. The van der Waals surface area contributed by atoms with Gasteiger partial charge in [0.05, 0.1) is 10.7 Å². The van der Waals surface area contributed by atoms with Crippen LogP contribution in [0.15, 0.2) is 29.6 Å². The number of benzene rings is 1. The van der Waals surface area contributed by atoms with Crippen LogP contribution in [0.25, 0.3) is 11.3 Å². The first-order valence-corrected chi connectivity index (χ1v) is 9.04. The van der Waals surface area contributed by atoms with Crippen molar-refractivity contribution in [2.75, 3.05) is 0 Å². The van der Waals surface area contributed by atoms with Gasteiger partial charge in [-0.2, -0.15) is 0 Å². The van der Waals surface area contributed by atoms with Gasteiger partial charge in [0.15, 0.2) is 0 Å². The first-order valence-electron chi connectivity index (χ1n) is 8.16. The maximum Gasteiger partial charge on any atom is 0.0901 e. The molecule has 21 heavy (non-hydrogen) atoms. The molecule has 0 bridgehead atoms. The van der Waals surface area contributed by atoms with Crippen LogP contribution in [0.5, 0.6) is 0 Å². The number of unbranched alkanes of at least 4 members (excludes halogenated alkanes) is 3. The SMILES string of the molecule is CC.CCCCCC.Cc1ccc(-c2csc(C)n2)cc1. The van der Waals surface area contributed by atoms with Gasteiger partial charge in [-0.05, 0) is 13.8 Å². The number of nitrogens with zero attached hydrogens (tertiary/aromatic N) is 1. The van der Waals surface area contributed by atoms with Crippen LogP contribution in [0.2, 0.25) is 0 Å². The van der Waals surface area contributed by atoms with E-state index in [-0.39, 0.29) is 0 Å². The second-order valence-corrected chi connectivity index (χ2v) is 5.89. The van der Waals surface area contributed by atoms with Crippen LogP contribution in [0.3, 0.4) is 0 Å². The highest BCUT2D eigenvalue weighted by molar-refractivity contribution is 7.09. The van der Waals surface area contributed by atoms with Gasteiger partial charge < -0.3 is 0 Å². The van der Waals surface area contributed by atoms with Gasteiger partial charge in [-0.1, -0.05) is 83.2 Å². The molecule has 1 nitrogen and oxygen atoms in total. The molecule has 1 aromatic heterocycles. The summed E-state index contributed by atoms with van der Waals surface area (Å²) in [6, 6.07) is 8.46. The minimum Gasteiger partial charge on any atom is -0.242 e. The number of aryl methyl sites for hydroxylation is 2. The third-order valence-electron chi connectivity index (χ3n) is 2.92. The Morgan fingerprint density at radius 2 is 1.43 bits per heavy atom. The van der Waals surface area contributed by atoms with Crippen LogP contribution < -0.4 is 0 Å². The van der Waals surface area contributed by atoms with Crippen molar-refractivity contribution in [1.82, 2.24) is 4.98 Å². The summed E-state index contributed by atoms with van der Waals surface area (Å²) >= 11 is 1.69. The normalized spacial score (nSPS) is 9.24. The maximum atomic E-state index is 4.43. The fraction of sp³-hybridized carbons (Fsp3) is 0.526. The second kappa shape index (κ2) is 12.6. The summed E-state index contributed by atoms with van der Waals surface area (Å²) in [5.41, 5.74) is 3.58. The van der Waals surface area contributed by atoms with Crippen molar-refractivity contribution >= 4 is 11.3 Å². The van der Waals surface area contributed by atoms with Crippen LogP contribution in [0.4, 0.5) is 0 Å². The topological polar surface area (TPSA) is 12.9 Å². The third-order valence-corrected chi connectivity index (χ3v) is 3.70. The summed E-state index contributed by atoms with van der Waals surface area (Å²) < 4.78 is 0. The van der Waals surface area contributed by atoms with E-state index < -0.39 is 0 Å². The molecule has 1 aromatic carbocycles. The highest BCUT2D eigenvalue weighted by Crippen LogP contribution is 2.21. The Morgan fingerprint density at radius 3 is 1.81 bits per heavy atom. The van der Waals surface area contributed by atoms with Gasteiger partial charge in [0.25, 0.3) is 0 Å². The van der Waals surface area contributed by atoms with Crippen LogP contribution in [-0.2, 0) is 0 Å². The molecule has 0 N–H and O–H groups in total. The summed E-state index contributed by atoms with van der Waals surface area (Å²) in [5, 5.41) is 3.22. The van der Waals surface area contributed by atoms with E-state index >= 15 is 0 Å². The molecule has 0 radical (unpaired) electrons. The molecule has 0 saturated heterocycles. The molecule has 2 aromatic rings. The van der Waals surface area contributed by atoms with Gasteiger partial charge in [-0.15, -0.1) is 11.3 Å². The highest BCUT2D eigenvalue weighted by atomic mass is 32.1. The lowest BCUT2D eigenvalue weighted by Crippen LogP contribution is -1.78. The third kappa shape index (κ3) is 8.67. The number of hydrogen-bond donors (Lipinski definition) is 0. The predicted molar refractivity (Wildman–Crippen MR) is 98.2 cm³/mol. The molecule has 2 rings (SSSR count). The van der Waals surface area contributed by atoms with Crippen molar-refractivity contribution in [3.63, 3.8) is 0 Å². The second-order valence-electron chi connectivity index (χ2n) is 4.82. The molecule has 0 atom stereocenters. The van der Waals surface area contributed by atoms with Gasteiger partial charge in [0, 0.05) is 10.9 Å².